The van der Waals surface area contributed by atoms with Crippen molar-refractivity contribution in [3.63, 3.8) is 0 Å². The van der Waals surface area contributed by atoms with E-state index in [0.29, 0.717) is 17.1 Å². The number of carbonyl (C=O) groups is 1. The number of fused-ring (bicyclic) bond motifs is 1. The molecule has 0 radical (unpaired) electrons. The highest BCUT2D eigenvalue weighted by molar-refractivity contribution is 5.96. The van der Waals surface area contributed by atoms with Gasteiger partial charge in [-0.25, -0.2) is 4.98 Å². The van der Waals surface area contributed by atoms with Crippen LogP contribution < -0.4 is 15.8 Å². The molecule has 1 heterocycles. The number of aromatic nitrogens is 1. The van der Waals surface area contributed by atoms with Crippen molar-refractivity contribution in [2.24, 2.45) is 0 Å². The summed E-state index contributed by atoms with van der Waals surface area (Å²) in [6, 6.07) is 15.2. The summed E-state index contributed by atoms with van der Waals surface area (Å²) in [4.78, 5) is 16.0. The molecule has 0 fully saturated rings. The zero-order chi connectivity index (χ0) is 16.4. The van der Waals surface area contributed by atoms with Crippen molar-refractivity contribution in [1.29, 1.82) is 0 Å². The lowest BCUT2D eigenvalue weighted by Gasteiger charge is -2.12. The molecule has 0 aliphatic carbocycles. The molecule has 1 aromatic heterocycles. The third-order valence-electron chi connectivity index (χ3n) is 3.52. The molecule has 0 spiro atoms. The van der Waals surface area contributed by atoms with E-state index < -0.39 is 0 Å². The zero-order valence-electron chi connectivity index (χ0n) is 13.0. The first-order chi connectivity index (χ1) is 11.1. The van der Waals surface area contributed by atoms with Crippen LogP contribution in [0.3, 0.4) is 0 Å². The molecule has 0 bridgehead atoms. The maximum absolute atomic E-state index is 11.4. The van der Waals surface area contributed by atoms with Gasteiger partial charge < -0.3 is 15.8 Å². The number of hydrogen-bond acceptors (Lipinski definition) is 4. The Bertz CT molecular complexity index is 876. The van der Waals surface area contributed by atoms with Crippen molar-refractivity contribution in [3.05, 3.63) is 48.5 Å². The third-order valence-corrected chi connectivity index (χ3v) is 3.52. The SMILES string of the molecule is COc1cc2cc(N)c(-c3ccccc3)nc2cc1NC(C)=O. The van der Waals surface area contributed by atoms with Gasteiger partial charge in [-0.15, -0.1) is 0 Å². The van der Waals surface area contributed by atoms with Crippen molar-refractivity contribution in [2.75, 3.05) is 18.2 Å². The molecule has 5 nitrogen and oxygen atoms in total. The highest BCUT2D eigenvalue weighted by atomic mass is 16.5. The molecule has 5 heteroatoms. The van der Waals surface area contributed by atoms with Gasteiger partial charge >= 0.3 is 0 Å². The van der Waals surface area contributed by atoms with Crippen LogP contribution in [0.5, 0.6) is 5.75 Å². The van der Waals surface area contributed by atoms with Gasteiger partial charge in [-0.3, -0.25) is 4.79 Å². The van der Waals surface area contributed by atoms with E-state index in [1.54, 1.807) is 13.2 Å². The lowest BCUT2D eigenvalue weighted by Crippen LogP contribution is -2.07. The fourth-order valence-electron chi connectivity index (χ4n) is 2.50. The van der Waals surface area contributed by atoms with E-state index in [4.69, 9.17) is 10.5 Å². The summed E-state index contributed by atoms with van der Waals surface area (Å²) in [7, 11) is 1.56. The van der Waals surface area contributed by atoms with Crippen molar-refractivity contribution >= 4 is 28.2 Å². The molecule has 3 N–H and O–H groups in total. The topological polar surface area (TPSA) is 77.2 Å². The number of methoxy groups -OCH3 is 1. The van der Waals surface area contributed by atoms with Gasteiger partial charge in [0, 0.05) is 17.9 Å². The Labute approximate surface area is 134 Å². The van der Waals surface area contributed by atoms with Crippen LogP contribution in [-0.4, -0.2) is 18.0 Å². The van der Waals surface area contributed by atoms with E-state index in [1.165, 1.54) is 6.92 Å². The molecule has 2 aromatic carbocycles. The van der Waals surface area contributed by atoms with Crippen LogP contribution in [0.1, 0.15) is 6.92 Å². The highest BCUT2D eigenvalue weighted by Gasteiger charge is 2.11. The molecule has 0 aliphatic rings. The van der Waals surface area contributed by atoms with Gasteiger partial charge in [-0.2, -0.15) is 0 Å². The average molecular weight is 307 g/mol. The summed E-state index contributed by atoms with van der Waals surface area (Å²) >= 11 is 0. The second-order valence-corrected chi connectivity index (χ2v) is 5.22. The molecule has 3 aromatic rings. The minimum atomic E-state index is -0.165. The number of amides is 1. The van der Waals surface area contributed by atoms with Crippen LogP contribution in [0.2, 0.25) is 0 Å². The first-order valence-electron chi connectivity index (χ1n) is 7.20. The predicted molar refractivity (Wildman–Crippen MR) is 92.4 cm³/mol. The number of pyridine rings is 1. The summed E-state index contributed by atoms with van der Waals surface area (Å²) < 4.78 is 5.33. The lowest BCUT2D eigenvalue weighted by molar-refractivity contribution is -0.114. The Morgan fingerprint density at radius 1 is 1.17 bits per heavy atom. The molecule has 0 unspecified atom stereocenters. The van der Waals surface area contributed by atoms with Crippen LogP contribution in [0.4, 0.5) is 11.4 Å². The summed E-state index contributed by atoms with van der Waals surface area (Å²) in [5.74, 6) is 0.405. The predicted octanol–water partition coefficient (Wildman–Crippen LogP) is 3.45. The third kappa shape index (κ3) is 2.94. The molecular formula is C18H17N3O2. The molecule has 0 saturated carbocycles. The van der Waals surface area contributed by atoms with Crippen LogP contribution >= 0.6 is 0 Å². The molecule has 1 amide bonds. The molecule has 116 valence electrons. The maximum atomic E-state index is 11.4. The maximum Gasteiger partial charge on any atom is 0.221 e. The molecule has 0 aliphatic heterocycles. The number of nitrogens with zero attached hydrogens (tertiary/aromatic N) is 1. The number of nitrogens with two attached hydrogens (primary N) is 1. The van der Waals surface area contributed by atoms with E-state index in [2.05, 4.69) is 10.3 Å². The summed E-state index contributed by atoms with van der Waals surface area (Å²) in [5, 5.41) is 3.61. The van der Waals surface area contributed by atoms with Gasteiger partial charge in [0.25, 0.3) is 0 Å². The Morgan fingerprint density at radius 2 is 1.91 bits per heavy atom. The highest BCUT2D eigenvalue weighted by Crippen LogP contribution is 2.33. The second kappa shape index (κ2) is 5.96. The Morgan fingerprint density at radius 3 is 2.57 bits per heavy atom. The van der Waals surface area contributed by atoms with E-state index in [-0.39, 0.29) is 5.91 Å². The largest absolute Gasteiger partial charge is 0.495 e. The molecule has 3 rings (SSSR count). The number of carbonyl (C=O) groups excluding carboxylic acids is 1. The van der Waals surface area contributed by atoms with Gasteiger partial charge in [0.1, 0.15) is 5.75 Å². The van der Waals surface area contributed by atoms with Crippen molar-refractivity contribution < 1.29 is 9.53 Å². The number of hydrogen-bond donors (Lipinski definition) is 2. The van der Waals surface area contributed by atoms with E-state index in [9.17, 15) is 4.79 Å². The van der Waals surface area contributed by atoms with Gasteiger partial charge in [0.05, 0.1) is 29.7 Å². The fraction of sp³-hybridized carbons (Fsp3) is 0.111. The fourth-order valence-corrected chi connectivity index (χ4v) is 2.50. The van der Waals surface area contributed by atoms with E-state index in [1.807, 2.05) is 42.5 Å². The molecule has 23 heavy (non-hydrogen) atoms. The van der Waals surface area contributed by atoms with Crippen LogP contribution in [-0.2, 0) is 4.79 Å². The molecule has 0 saturated heterocycles. The molecule has 0 atom stereocenters. The number of nitrogens with one attached hydrogen (secondary N) is 1. The minimum Gasteiger partial charge on any atom is -0.495 e. The quantitative estimate of drug-likeness (QED) is 0.777. The van der Waals surface area contributed by atoms with Crippen molar-refractivity contribution in [1.82, 2.24) is 4.98 Å². The normalized spacial score (nSPS) is 10.5. The summed E-state index contributed by atoms with van der Waals surface area (Å²) in [5.41, 5.74) is 9.74. The Hall–Kier alpha value is -3.08. The smallest absolute Gasteiger partial charge is 0.221 e. The minimum absolute atomic E-state index is 0.165. The number of anilines is 2. The number of benzene rings is 2. The summed E-state index contributed by atoms with van der Waals surface area (Å²) in [6.07, 6.45) is 0. The first-order valence-corrected chi connectivity index (χ1v) is 7.20. The van der Waals surface area contributed by atoms with Crippen LogP contribution in [0.15, 0.2) is 48.5 Å². The Kier molecular flexibility index (Phi) is 3.85. The van der Waals surface area contributed by atoms with Crippen molar-refractivity contribution in [2.45, 2.75) is 6.92 Å². The second-order valence-electron chi connectivity index (χ2n) is 5.22. The van der Waals surface area contributed by atoms with Crippen LogP contribution in [0.25, 0.3) is 22.2 Å². The zero-order valence-corrected chi connectivity index (χ0v) is 13.0. The molecular weight excluding hydrogens is 290 g/mol. The summed E-state index contributed by atoms with van der Waals surface area (Å²) in [6.45, 7) is 1.45. The van der Waals surface area contributed by atoms with Gasteiger partial charge in [-0.05, 0) is 18.2 Å². The van der Waals surface area contributed by atoms with Gasteiger partial charge in [-0.1, -0.05) is 30.3 Å². The standard InChI is InChI=1S/C18H17N3O2/c1-11(22)20-16-10-15-13(9-17(16)23-2)8-14(19)18(21-15)12-6-4-3-5-7-12/h3-10H,19H2,1-2H3,(H,20,22). The van der Waals surface area contributed by atoms with Gasteiger partial charge in [0.2, 0.25) is 5.91 Å². The number of ether oxygens (including phenoxy) is 1. The van der Waals surface area contributed by atoms with Gasteiger partial charge in [0.15, 0.2) is 0 Å². The van der Waals surface area contributed by atoms with E-state index >= 15 is 0 Å². The first kappa shape index (κ1) is 14.8. The average Bonchev–Trinajstić information content (AvgIpc) is 2.54. The van der Waals surface area contributed by atoms with Crippen LogP contribution in [0, 0.1) is 0 Å². The number of rotatable bonds is 3. The monoisotopic (exact) mass is 307 g/mol. The van der Waals surface area contributed by atoms with Crippen molar-refractivity contribution in [3.8, 4) is 17.0 Å². The number of nitrogen functional groups attached to an aromatic ring is 1. The lowest BCUT2D eigenvalue weighted by atomic mass is 10.1. The van der Waals surface area contributed by atoms with E-state index in [0.717, 1.165) is 22.2 Å². The Balaban J connectivity index is 2.20.